The molecule has 0 aliphatic carbocycles. The van der Waals surface area contributed by atoms with Gasteiger partial charge in [0.2, 0.25) is 10.0 Å². The Morgan fingerprint density at radius 3 is 2.50 bits per heavy atom. The highest BCUT2D eigenvalue weighted by Crippen LogP contribution is 2.24. The largest absolute Gasteiger partial charge is 0.465 e. The highest BCUT2D eigenvalue weighted by molar-refractivity contribution is 7.89. The molecule has 7 heteroatoms. The molecule has 1 aromatic carbocycles. The van der Waals surface area contributed by atoms with Gasteiger partial charge in [0.15, 0.2) is 0 Å². The second-order valence-corrected chi connectivity index (χ2v) is 6.53. The SMILES string of the molecule is COC(=O)c1ccccc1S(=O)(=O)N1CCC(O)CC1. The van der Waals surface area contributed by atoms with Gasteiger partial charge in [-0.3, -0.25) is 0 Å². The number of sulfonamides is 1. The molecule has 1 aliphatic heterocycles. The Morgan fingerprint density at radius 1 is 1.30 bits per heavy atom. The first-order chi connectivity index (χ1) is 9.46. The topological polar surface area (TPSA) is 83.9 Å². The fraction of sp³-hybridized carbons (Fsp3) is 0.462. The Morgan fingerprint density at radius 2 is 1.90 bits per heavy atom. The number of ether oxygens (including phenoxy) is 1. The summed E-state index contributed by atoms with van der Waals surface area (Å²) in [6, 6.07) is 5.98. The van der Waals surface area contributed by atoms with Crippen LogP contribution in [-0.4, -0.2) is 50.1 Å². The van der Waals surface area contributed by atoms with Crippen LogP contribution in [0.1, 0.15) is 23.2 Å². The Kier molecular flexibility index (Phi) is 4.42. The van der Waals surface area contributed by atoms with Crippen LogP contribution in [0, 0.1) is 0 Å². The van der Waals surface area contributed by atoms with Gasteiger partial charge >= 0.3 is 5.97 Å². The Balaban J connectivity index is 2.37. The molecule has 1 aromatic rings. The molecule has 6 nitrogen and oxygen atoms in total. The summed E-state index contributed by atoms with van der Waals surface area (Å²) in [6.45, 7) is 0.498. The van der Waals surface area contributed by atoms with Crippen LogP contribution in [-0.2, 0) is 14.8 Å². The van der Waals surface area contributed by atoms with E-state index in [4.69, 9.17) is 0 Å². The van der Waals surface area contributed by atoms with E-state index in [1.165, 1.54) is 23.5 Å². The lowest BCUT2D eigenvalue weighted by Crippen LogP contribution is -2.40. The minimum Gasteiger partial charge on any atom is -0.465 e. The molecule has 0 spiro atoms. The summed E-state index contributed by atoms with van der Waals surface area (Å²) < 4.78 is 31.1. The molecule has 0 unspecified atom stereocenters. The number of hydrogen-bond donors (Lipinski definition) is 1. The average molecular weight is 299 g/mol. The number of methoxy groups -OCH3 is 1. The smallest absolute Gasteiger partial charge is 0.339 e. The second-order valence-electron chi connectivity index (χ2n) is 4.62. The number of aliphatic hydroxyl groups is 1. The number of piperidine rings is 1. The van der Waals surface area contributed by atoms with Crippen molar-refractivity contribution in [1.82, 2.24) is 4.31 Å². The van der Waals surface area contributed by atoms with Crippen molar-refractivity contribution in [1.29, 1.82) is 0 Å². The van der Waals surface area contributed by atoms with Crippen LogP contribution in [0.2, 0.25) is 0 Å². The van der Waals surface area contributed by atoms with Gasteiger partial charge in [-0.1, -0.05) is 12.1 Å². The Hall–Kier alpha value is -1.44. The first-order valence-corrected chi connectivity index (χ1v) is 7.76. The van der Waals surface area contributed by atoms with Gasteiger partial charge in [0.1, 0.15) is 0 Å². The third-order valence-corrected chi connectivity index (χ3v) is 5.29. The van der Waals surface area contributed by atoms with E-state index in [-0.39, 0.29) is 23.5 Å². The number of carbonyl (C=O) groups is 1. The van der Waals surface area contributed by atoms with Gasteiger partial charge in [-0.15, -0.1) is 0 Å². The fourth-order valence-corrected chi connectivity index (χ4v) is 3.84. The van der Waals surface area contributed by atoms with Crippen molar-refractivity contribution in [3.63, 3.8) is 0 Å². The van der Waals surface area contributed by atoms with Gasteiger partial charge in [0.25, 0.3) is 0 Å². The Labute approximate surface area is 118 Å². The predicted octanol–water partition coefficient (Wildman–Crippen LogP) is 0.619. The van der Waals surface area contributed by atoms with Crippen LogP contribution < -0.4 is 0 Å². The summed E-state index contributed by atoms with van der Waals surface area (Å²) >= 11 is 0. The quantitative estimate of drug-likeness (QED) is 0.827. The molecule has 0 radical (unpaired) electrons. The predicted molar refractivity (Wildman–Crippen MR) is 71.8 cm³/mol. The molecule has 0 aromatic heterocycles. The highest BCUT2D eigenvalue weighted by atomic mass is 32.2. The van der Waals surface area contributed by atoms with Crippen LogP contribution in [0.25, 0.3) is 0 Å². The number of benzene rings is 1. The van der Waals surface area contributed by atoms with E-state index in [2.05, 4.69) is 4.74 Å². The molecule has 1 N–H and O–H groups in total. The van der Waals surface area contributed by atoms with E-state index in [1.807, 2.05) is 0 Å². The number of esters is 1. The number of nitrogens with zero attached hydrogens (tertiary/aromatic N) is 1. The molecule has 1 fully saturated rings. The van der Waals surface area contributed by atoms with Crippen molar-refractivity contribution in [3.05, 3.63) is 29.8 Å². The molecule has 0 bridgehead atoms. The van der Waals surface area contributed by atoms with Crippen LogP contribution in [0.15, 0.2) is 29.2 Å². The molecule has 1 aliphatic rings. The summed E-state index contributed by atoms with van der Waals surface area (Å²) in [7, 11) is -2.54. The average Bonchev–Trinajstić information content (AvgIpc) is 2.47. The third kappa shape index (κ3) is 2.84. The van der Waals surface area contributed by atoms with Crippen molar-refractivity contribution in [3.8, 4) is 0 Å². The van der Waals surface area contributed by atoms with Gasteiger partial charge in [0.05, 0.1) is 23.7 Å². The van der Waals surface area contributed by atoms with Gasteiger partial charge in [-0.05, 0) is 25.0 Å². The maximum Gasteiger partial charge on any atom is 0.339 e. The summed E-state index contributed by atoms with van der Waals surface area (Å²) in [4.78, 5) is 11.6. The minimum absolute atomic E-state index is 0.0288. The van der Waals surface area contributed by atoms with Crippen molar-refractivity contribution in [2.24, 2.45) is 0 Å². The summed E-state index contributed by atoms with van der Waals surface area (Å²) in [5.74, 6) is -0.679. The molecule has 1 saturated heterocycles. The number of hydrogen-bond acceptors (Lipinski definition) is 5. The monoisotopic (exact) mass is 299 g/mol. The molecule has 0 amide bonds. The first kappa shape index (κ1) is 15.0. The van der Waals surface area contributed by atoms with E-state index < -0.39 is 22.1 Å². The maximum absolute atomic E-state index is 12.6. The lowest BCUT2D eigenvalue weighted by Gasteiger charge is -2.29. The molecular formula is C13H17NO5S. The van der Waals surface area contributed by atoms with E-state index in [0.29, 0.717) is 12.8 Å². The zero-order chi connectivity index (χ0) is 14.8. The summed E-state index contributed by atoms with van der Waals surface area (Å²) in [6.07, 6.45) is 0.344. The van der Waals surface area contributed by atoms with Crippen molar-refractivity contribution in [2.45, 2.75) is 23.8 Å². The van der Waals surface area contributed by atoms with E-state index in [1.54, 1.807) is 12.1 Å². The molecule has 110 valence electrons. The van der Waals surface area contributed by atoms with Crippen LogP contribution in [0.3, 0.4) is 0 Å². The summed E-state index contributed by atoms with van der Waals surface area (Å²) in [5, 5.41) is 9.45. The van der Waals surface area contributed by atoms with E-state index >= 15 is 0 Å². The van der Waals surface area contributed by atoms with Gasteiger partial charge in [-0.2, -0.15) is 4.31 Å². The normalized spacial score (nSPS) is 17.9. The number of aliphatic hydroxyl groups excluding tert-OH is 1. The van der Waals surface area contributed by atoms with Crippen molar-refractivity contribution in [2.75, 3.05) is 20.2 Å². The van der Waals surface area contributed by atoms with Crippen molar-refractivity contribution < 1.29 is 23.1 Å². The van der Waals surface area contributed by atoms with Crippen LogP contribution in [0.5, 0.6) is 0 Å². The standard InChI is InChI=1S/C13H17NO5S/c1-19-13(16)11-4-2-3-5-12(11)20(17,18)14-8-6-10(15)7-9-14/h2-5,10,15H,6-9H2,1H3. The molecule has 1 heterocycles. The van der Waals surface area contributed by atoms with Gasteiger partial charge in [-0.25, -0.2) is 13.2 Å². The molecular weight excluding hydrogens is 282 g/mol. The molecule has 0 atom stereocenters. The maximum atomic E-state index is 12.6. The molecule has 2 rings (SSSR count). The zero-order valence-corrected chi connectivity index (χ0v) is 12.0. The van der Waals surface area contributed by atoms with Crippen LogP contribution >= 0.6 is 0 Å². The van der Waals surface area contributed by atoms with Gasteiger partial charge in [0, 0.05) is 13.1 Å². The van der Waals surface area contributed by atoms with E-state index in [0.717, 1.165) is 0 Å². The third-order valence-electron chi connectivity index (χ3n) is 3.33. The lowest BCUT2D eigenvalue weighted by molar-refractivity contribution is 0.0595. The summed E-state index contributed by atoms with van der Waals surface area (Å²) in [5.41, 5.74) is 0.0288. The molecule has 0 saturated carbocycles. The second kappa shape index (κ2) is 5.90. The Bertz CT molecular complexity index is 591. The minimum atomic E-state index is -3.75. The zero-order valence-electron chi connectivity index (χ0n) is 11.2. The molecule has 20 heavy (non-hydrogen) atoms. The fourth-order valence-electron chi connectivity index (χ4n) is 2.19. The van der Waals surface area contributed by atoms with E-state index in [9.17, 15) is 18.3 Å². The highest BCUT2D eigenvalue weighted by Gasteiger charge is 2.31. The first-order valence-electron chi connectivity index (χ1n) is 6.32. The van der Waals surface area contributed by atoms with Crippen molar-refractivity contribution >= 4 is 16.0 Å². The lowest BCUT2D eigenvalue weighted by atomic mass is 10.1. The van der Waals surface area contributed by atoms with Gasteiger partial charge < -0.3 is 9.84 Å². The number of rotatable bonds is 3. The van der Waals surface area contributed by atoms with Crippen LogP contribution in [0.4, 0.5) is 0 Å². The number of carbonyl (C=O) groups excluding carboxylic acids is 1.